The molecule has 0 radical (unpaired) electrons. The Morgan fingerprint density at radius 1 is 1.38 bits per heavy atom. The number of carbonyl (C=O) groups is 3. The second-order valence-corrected chi connectivity index (χ2v) is 8.08. The van der Waals surface area contributed by atoms with Crippen molar-refractivity contribution < 1.29 is 24.2 Å². The number of hydrogen-bond donors (Lipinski definition) is 4. The zero-order valence-electron chi connectivity index (χ0n) is 17.2. The molecule has 0 aliphatic carbocycles. The predicted molar refractivity (Wildman–Crippen MR) is 108 cm³/mol. The Kier molecular flexibility index (Phi) is 8.16. The van der Waals surface area contributed by atoms with E-state index in [2.05, 4.69) is 23.1 Å². The third-order valence-corrected chi connectivity index (χ3v) is 5.27. The standard InChI is InChI=1S/C21H31N3O5/c1-4-5-6-11-16(17(26)18-21(2,3)13-29-20(28)22-18)23-24-19(27)15-10-8-7-9-14(15)12-25/h7-10,12,16-18,23,26H,4-6,11,13H2,1-3H3,(H,22,28)(H,24,27)/t16-,17?,18-/m1/s1. The topological polar surface area (TPSA) is 117 Å². The molecule has 0 bridgehead atoms. The fourth-order valence-corrected chi connectivity index (χ4v) is 3.46. The summed E-state index contributed by atoms with van der Waals surface area (Å²) in [6.07, 6.45) is 2.57. The van der Waals surface area contributed by atoms with E-state index in [9.17, 15) is 19.5 Å². The van der Waals surface area contributed by atoms with E-state index >= 15 is 0 Å². The third kappa shape index (κ3) is 6.01. The molecule has 1 unspecified atom stereocenters. The van der Waals surface area contributed by atoms with Crippen LogP contribution in [0.4, 0.5) is 4.79 Å². The average molecular weight is 405 g/mol. The van der Waals surface area contributed by atoms with Gasteiger partial charge in [0.15, 0.2) is 6.29 Å². The molecule has 0 aromatic heterocycles. The maximum Gasteiger partial charge on any atom is 0.407 e. The number of benzene rings is 1. The van der Waals surface area contributed by atoms with Gasteiger partial charge in [0, 0.05) is 11.0 Å². The first kappa shape index (κ1) is 22.8. The first-order valence-corrected chi connectivity index (χ1v) is 10.0. The monoisotopic (exact) mass is 405 g/mol. The maximum atomic E-state index is 12.5. The zero-order valence-corrected chi connectivity index (χ0v) is 17.2. The zero-order chi connectivity index (χ0) is 21.4. The second-order valence-electron chi connectivity index (χ2n) is 8.08. The van der Waals surface area contributed by atoms with Crippen LogP contribution in [0.2, 0.25) is 0 Å². The van der Waals surface area contributed by atoms with Crippen LogP contribution in [0, 0.1) is 5.41 Å². The lowest BCUT2D eigenvalue weighted by molar-refractivity contribution is -0.0269. The minimum atomic E-state index is -0.948. The van der Waals surface area contributed by atoms with Gasteiger partial charge in [-0.15, -0.1) is 0 Å². The molecule has 1 aromatic carbocycles. The number of rotatable bonds is 10. The lowest BCUT2D eigenvalue weighted by atomic mass is 9.78. The lowest BCUT2D eigenvalue weighted by Gasteiger charge is -2.43. The third-order valence-electron chi connectivity index (χ3n) is 5.27. The van der Waals surface area contributed by atoms with Gasteiger partial charge in [-0.05, 0) is 12.5 Å². The smallest absolute Gasteiger partial charge is 0.407 e. The molecule has 1 aliphatic heterocycles. The molecule has 8 heteroatoms. The Balaban J connectivity index is 2.11. The molecular weight excluding hydrogens is 374 g/mol. The fraction of sp³-hybridized carbons (Fsp3) is 0.571. The summed E-state index contributed by atoms with van der Waals surface area (Å²) in [6, 6.07) is 5.45. The van der Waals surface area contributed by atoms with E-state index in [-0.39, 0.29) is 17.7 Å². The van der Waals surface area contributed by atoms with Gasteiger partial charge < -0.3 is 15.2 Å². The largest absolute Gasteiger partial charge is 0.449 e. The molecule has 0 saturated carbocycles. The van der Waals surface area contributed by atoms with Gasteiger partial charge in [-0.25, -0.2) is 10.2 Å². The van der Waals surface area contributed by atoms with Crippen LogP contribution >= 0.6 is 0 Å². The number of aldehydes is 1. The molecule has 2 rings (SSSR count). The molecule has 2 amide bonds. The number of amides is 2. The van der Waals surface area contributed by atoms with Gasteiger partial charge in [-0.1, -0.05) is 58.2 Å². The Morgan fingerprint density at radius 2 is 2.10 bits per heavy atom. The van der Waals surface area contributed by atoms with Crippen LogP contribution < -0.4 is 16.2 Å². The lowest BCUT2D eigenvalue weighted by Crippen LogP contribution is -2.64. The number of unbranched alkanes of at least 4 members (excludes halogenated alkanes) is 2. The van der Waals surface area contributed by atoms with Crippen LogP contribution in [-0.2, 0) is 4.74 Å². The van der Waals surface area contributed by atoms with Crippen molar-refractivity contribution in [1.29, 1.82) is 0 Å². The molecule has 29 heavy (non-hydrogen) atoms. The van der Waals surface area contributed by atoms with Crippen molar-refractivity contribution >= 4 is 18.3 Å². The van der Waals surface area contributed by atoms with E-state index in [0.29, 0.717) is 12.7 Å². The Hall–Kier alpha value is -2.45. The molecule has 0 spiro atoms. The van der Waals surface area contributed by atoms with Gasteiger partial charge in [0.25, 0.3) is 5.91 Å². The first-order chi connectivity index (χ1) is 13.8. The van der Waals surface area contributed by atoms with Gasteiger partial charge >= 0.3 is 6.09 Å². The van der Waals surface area contributed by atoms with Crippen molar-refractivity contribution in [2.45, 2.75) is 64.6 Å². The number of ether oxygens (including phenoxy) is 1. The number of carbonyl (C=O) groups excluding carboxylic acids is 3. The van der Waals surface area contributed by atoms with Crippen LogP contribution in [0.5, 0.6) is 0 Å². The maximum absolute atomic E-state index is 12.5. The van der Waals surface area contributed by atoms with Crippen molar-refractivity contribution in [3.05, 3.63) is 35.4 Å². The fourth-order valence-electron chi connectivity index (χ4n) is 3.46. The first-order valence-electron chi connectivity index (χ1n) is 10.0. The summed E-state index contributed by atoms with van der Waals surface area (Å²) in [7, 11) is 0. The number of aliphatic hydroxyl groups excluding tert-OH is 1. The van der Waals surface area contributed by atoms with Crippen molar-refractivity contribution in [3.8, 4) is 0 Å². The number of cyclic esters (lactones) is 1. The van der Waals surface area contributed by atoms with Crippen molar-refractivity contribution in [1.82, 2.24) is 16.2 Å². The van der Waals surface area contributed by atoms with Gasteiger partial charge in [-0.3, -0.25) is 15.0 Å². The SMILES string of the molecule is CCCCC[C@@H](NNC(=O)c1ccccc1C=O)C(O)[C@H]1NC(=O)OCC1(C)C. The summed E-state index contributed by atoms with van der Waals surface area (Å²) in [4.78, 5) is 35.4. The Morgan fingerprint density at radius 3 is 2.79 bits per heavy atom. The van der Waals surface area contributed by atoms with Gasteiger partial charge in [0.2, 0.25) is 0 Å². The van der Waals surface area contributed by atoms with Crippen LogP contribution in [0.15, 0.2) is 24.3 Å². The molecule has 3 atom stereocenters. The highest BCUT2D eigenvalue weighted by atomic mass is 16.6. The molecular formula is C21H31N3O5. The number of hydrogen-bond acceptors (Lipinski definition) is 6. The molecule has 1 saturated heterocycles. The van der Waals surface area contributed by atoms with Gasteiger partial charge in [0.05, 0.1) is 23.8 Å². The van der Waals surface area contributed by atoms with E-state index < -0.39 is 35.6 Å². The van der Waals surface area contributed by atoms with Gasteiger partial charge in [0.1, 0.15) is 6.61 Å². The normalized spacial score (nSPS) is 20.1. The summed E-state index contributed by atoms with van der Waals surface area (Å²) >= 11 is 0. The van der Waals surface area contributed by atoms with Gasteiger partial charge in [-0.2, -0.15) is 0 Å². The van der Waals surface area contributed by atoms with Crippen LogP contribution in [-0.4, -0.2) is 48.2 Å². The van der Waals surface area contributed by atoms with Crippen molar-refractivity contribution in [3.63, 3.8) is 0 Å². The van der Waals surface area contributed by atoms with Crippen LogP contribution in [0.25, 0.3) is 0 Å². The highest BCUT2D eigenvalue weighted by Crippen LogP contribution is 2.29. The second kappa shape index (κ2) is 10.4. The summed E-state index contributed by atoms with van der Waals surface area (Å²) < 4.78 is 5.05. The Labute approximate surface area is 171 Å². The average Bonchev–Trinajstić information content (AvgIpc) is 2.71. The summed E-state index contributed by atoms with van der Waals surface area (Å²) in [5.74, 6) is -0.462. The molecule has 4 N–H and O–H groups in total. The van der Waals surface area contributed by atoms with Crippen LogP contribution in [0.1, 0.15) is 67.2 Å². The van der Waals surface area contributed by atoms with E-state index in [1.807, 2.05) is 13.8 Å². The van der Waals surface area contributed by atoms with Crippen molar-refractivity contribution in [2.75, 3.05) is 6.61 Å². The molecule has 160 valence electrons. The molecule has 1 aromatic rings. The van der Waals surface area contributed by atoms with E-state index in [0.717, 1.165) is 19.3 Å². The highest BCUT2D eigenvalue weighted by molar-refractivity contribution is 6.01. The molecule has 1 aliphatic rings. The van der Waals surface area contributed by atoms with Crippen molar-refractivity contribution in [2.24, 2.45) is 5.41 Å². The summed E-state index contributed by atoms with van der Waals surface area (Å²) in [6.45, 7) is 6.09. The van der Waals surface area contributed by atoms with E-state index in [1.165, 1.54) is 0 Å². The van der Waals surface area contributed by atoms with E-state index in [4.69, 9.17) is 4.74 Å². The highest BCUT2D eigenvalue weighted by Gasteiger charge is 2.43. The molecule has 1 heterocycles. The minimum Gasteiger partial charge on any atom is -0.449 e. The number of nitrogens with one attached hydrogen (secondary N) is 3. The quantitative estimate of drug-likeness (QED) is 0.269. The predicted octanol–water partition coefficient (Wildman–Crippen LogP) is 2.18. The Bertz CT molecular complexity index is 722. The minimum absolute atomic E-state index is 0.196. The number of alkyl carbamates (subject to hydrolysis) is 1. The summed E-state index contributed by atoms with van der Waals surface area (Å²) in [5.41, 5.74) is 5.58. The number of hydrazine groups is 1. The van der Waals surface area contributed by atoms with E-state index in [1.54, 1.807) is 24.3 Å². The summed E-state index contributed by atoms with van der Waals surface area (Å²) in [5, 5.41) is 13.7. The molecule has 8 nitrogen and oxygen atoms in total. The molecule has 1 fully saturated rings. The van der Waals surface area contributed by atoms with Crippen LogP contribution in [0.3, 0.4) is 0 Å². The number of aliphatic hydroxyl groups is 1.